The molecule has 0 aromatic rings. The number of piperidine rings is 1. The number of nitrogens with zero attached hydrogens (tertiary/aromatic N) is 1. The van der Waals surface area contributed by atoms with E-state index in [0.29, 0.717) is 12.6 Å². The lowest BCUT2D eigenvalue weighted by molar-refractivity contribution is -0.140. The summed E-state index contributed by atoms with van der Waals surface area (Å²) in [5.74, 6) is 0.104. The van der Waals surface area contributed by atoms with Gasteiger partial charge in [-0.3, -0.25) is 4.79 Å². The Bertz CT molecular complexity index is 258. The van der Waals surface area contributed by atoms with E-state index >= 15 is 0 Å². The summed E-state index contributed by atoms with van der Waals surface area (Å²) >= 11 is 0. The predicted octanol–water partition coefficient (Wildman–Crippen LogP) is 0.502. The molecule has 0 spiro atoms. The molecular formula is C12H22N2O2. The van der Waals surface area contributed by atoms with E-state index < -0.39 is 5.60 Å². The van der Waals surface area contributed by atoms with Gasteiger partial charge in [-0.15, -0.1) is 0 Å². The maximum absolute atomic E-state index is 11.7. The summed E-state index contributed by atoms with van der Waals surface area (Å²) in [6.45, 7) is 4.11. The average molecular weight is 226 g/mol. The molecule has 0 aromatic heterocycles. The zero-order valence-corrected chi connectivity index (χ0v) is 10.0. The summed E-state index contributed by atoms with van der Waals surface area (Å²) in [5, 5.41) is 13.4. The van der Waals surface area contributed by atoms with Gasteiger partial charge in [0.25, 0.3) is 0 Å². The van der Waals surface area contributed by atoms with Gasteiger partial charge in [0.05, 0.1) is 5.60 Å². The fraction of sp³-hybridized carbons (Fsp3) is 0.917. The number of carbonyl (C=O) groups excluding carboxylic acids is 1. The summed E-state index contributed by atoms with van der Waals surface area (Å²) < 4.78 is 0. The number of rotatable bonds is 3. The van der Waals surface area contributed by atoms with Crippen LogP contribution in [0, 0.1) is 0 Å². The Morgan fingerprint density at radius 3 is 2.50 bits per heavy atom. The summed E-state index contributed by atoms with van der Waals surface area (Å²) in [4.78, 5) is 13.5. The van der Waals surface area contributed by atoms with Crippen LogP contribution in [0.4, 0.5) is 0 Å². The molecular weight excluding hydrogens is 204 g/mol. The largest absolute Gasteiger partial charge is 0.388 e. The van der Waals surface area contributed by atoms with Gasteiger partial charge in [-0.05, 0) is 45.2 Å². The Morgan fingerprint density at radius 1 is 1.44 bits per heavy atom. The Hall–Kier alpha value is -0.610. The highest BCUT2D eigenvalue weighted by atomic mass is 16.3. The average Bonchev–Trinajstić information content (AvgIpc) is 2.24. The van der Waals surface area contributed by atoms with Crippen LogP contribution in [-0.4, -0.2) is 47.2 Å². The molecule has 0 radical (unpaired) electrons. The second-order valence-corrected chi connectivity index (χ2v) is 5.21. The highest BCUT2D eigenvalue weighted by Gasteiger charge is 2.38. The maximum Gasteiger partial charge on any atom is 0.219 e. The third-order valence-corrected chi connectivity index (χ3v) is 3.90. The minimum Gasteiger partial charge on any atom is -0.388 e. The summed E-state index contributed by atoms with van der Waals surface area (Å²) in [5.41, 5.74) is -0.587. The number of nitrogens with one attached hydrogen (secondary N) is 1. The van der Waals surface area contributed by atoms with Crippen LogP contribution in [0.5, 0.6) is 0 Å². The molecule has 0 unspecified atom stereocenters. The van der Waals surface area contributed by atoms with Crippen molar-refractivity contribution >= 4 is 5.91 Å². The molecule has 0 bridgehead atoms. The summed E-state index contributed by atoms with van der Waals surface area (Å²) in [7, 11) is 0. The normalized spacial score (nSPS) is 24.9. The van der Waals surface area contributed by atoms with E-state index in [4.69, 9.17) is 0 Å². The SMILES string of the molecule is CC(=O)N(CC1(O)CCC1)C1CCNCC1. The molecule has 0 atom stereocenters. The van der Waals surface area contributed by atoms with Gasteiger partial charge in [-0.25, -0.2) is 0 Å². The minimum atomic E-state index is -0.587. The van der Waals surface area contributed by atoms with Crippen LogP contribution in [0.15, 0.2) is 0 Å². The van der Waals surface area contributed by atoms with Gasteiger partial charge in [0, 0.05) is 19.5 Å². The molecule has 4 heteroatoms. The van der Waals surface area contributed by atoms with Crippen molar-refractivity contribution in [3.63, 3.8) is 0 Å². The van der Waals surface area contributed by atoms with E-state index in [1.54, 1.807) is 6.92 Å². The first-order valence-corrected chi connectivity index (χ1v) is 6.31. The van der Waals surface area contributed by atoms with Crippen LogP contribution in [0.1, 0.15) is 39.0 Å². The lowest BCUT2D eigenvalue weighted by Crippen LogP contribution is -2.54. The van der Waals surface area contributed by atoms with Gasteiger partial charge in [0.2, 0.25) is 5.91 Å². The molecule has 0 aromatic carbocycles. The molecule has 16 heavy (non-hydrogen) atoms. The Kier molecular flexibility index (Phi) is 3.50. The third-order valence-electron chi connectivity index (χ3n) is 3.90. The molecule has 1 heterocycles. The van der Waals surface area contributed by atoms with Crippen molar-refractivity contribution in [3.05, 3.63) is 0 Å². The lowest BCUT2D eigenvalue weighted by Gasteiger charge is -2.44. The zero-order chi connectivity index (χ0) is 11.6. The molecule has 1 saturated heterocycles. The topological polar surface area (TPSA) is 52.6 Å². The second kappa shape index (κ2) is 4.72. The monoisotopic (exact) mass is 226 g/mol. The number of hydrogen-bond donors (Lipinski definition) is 2. The molecule has 2 fully saturated rings. The third kappa shape index (κ3) is 2.55. The van der Waals surface area contributed by atoms with Crippen LogP contribution < -0.4 is 5.32 Å². The van der Waals surface area contributed by atoms with E-state index in [2.05, 4.69) is 5.32 Å². The molecule has 1 aliphatic heterocycles. The summed E-state index contributed by atoms with van der Waals surface area (Å²) in [6, 6.07) is 0.323. The van der Waals surface area contributed by atoms with Gasteiger partial charge in [0.15, 0.2) is 0 Å². The van der Waals surface area contributed by atoms with E-state index in [0.717, 1.165) is 45.2 Å². The first-order valence-electron chi connectivity index (χ1n) is 6.31. The summed E-state index contributed by atoms with van der Waals surface area (Å²) in [6.07, 6.45) is 4.81. The van der Waals surface area contributed by atoms with Gasteiger partial charge in [-0.1, -0.05) is 0 Å². The zero-order valence-electron chi connectivity index (χ0n) is 10.0. The number of amides is 1. The fourth-order valence-electron chi connectivity index (χ4n) is 2.68. The maximum atomic E-state index is 11.7. The van der Waals surface area contributed by atoms with E-state index in [1.807, 2.05) is 4.90 Å². The molecule has 2 N–H and O–H groups in total. The van der Waals surface area contributed by atoms with E-state index in [9.17, 15) is 9.90 Å². The Morgan fingerprint density at radius 2 is 2.06 bits per heavy atom. The van der Waals surface area contributed by atoms with E-state index in [1.165, 1.54) is 0 Å². The molecule has 1 aliphatic carbocycles. The number of aliphatic hydroxyl groups is 1. The minimum absolute atomic E-state index is 0.104. The van der Waals surface area contributed by atoms with Crippen LogP contribution in [0.2, 0.25) is 0 Å². The Labute approximate surface area is 97.0 Å². The van der Waals surface area contributed by atoms with Crippen LogP contribution in [0.3, 0.4) is 0 Å². The highest BCUT2D eigenvalue weighted by Crippen LogP contribution is 2.33. The number of carbonyl (C=O) groups is 1. The van der Waals surface area contributed by atoms with Crippen molar-refractivity contribution in [3.8, 4) is 0 Å². The number of hydrogen-bond acceptors (Lipinski definition) is 3. The molecule has 1 amide bonds. The molecule has 2 aliphatic rings. The molecule has 1 saturated carbocycles. The van der Waals surface area contributed by atoms with Crippen LogP contribution in [0.25, 0.3) is 0 Å². The van der Waals surface area contributed by atoms with Gasteiger partial charge < -0.3 is 15.3 Å². The van der Waals surface area contributed by atoms with Crippen molar-refractivity contribution in [2.45, 2.75) is 50.7 Å². The van der Waals surface area contributed by atoms with Crippen molar-refractivity contribution in [1.82, 2.24) is 10.2 Å². The predicted molar refractivity (Wildman–Crippen MR) is 62.1 cm³/mol. The molecule has 4 nitrogen and oxygen atoms in total. The van der Waals surface area contributed by atoms with Crippen molar-refractivity contribution in [2.75, 3.05) is 19.6 Å². The first kappa shape index (κ1) is 11.9. The van der Waals surface area contributed by atoms with Crippen molar-refractivity contribution in [1.29, 1.82) is 0 Å². The first-order chi connectivity index (χ1) is 7.61. The van der Waals surface area contributed by atoms with Crippen LogP contribution >= 0.6 is 0 Å². The Balaban J connectivity index is 1.95. The van der Waals surface area contributed by atoms with E-state index in [-0.39, 0.29) is 5.91 Å². The smallest absolute Gasteiger partial charge is 0.219 e. The quantitative estimate of drug-likeness (QED) is 0.737. The van der Waals surface area contributed by atoms with Gasteiger partial charge in [0.1, 0.15) is 0 Å². The standard InChI is InChI=1S/C12H22N2O2/c1-10(15)14(9-12(16)5-2-6-12)11-3-7-13-8-4-11/h11,13,16H,2-9H2,1H3. The fourth-order valence-corrected chi connectivity index (χ4v) is 2.68. The molecule has 2 rings (SSSR count). The molecule has 92 valence electrons. The van der Waals surface area contributed by atoms with Gasteiger partial charge >= 0.3 is 0 Å². The van der Waals surface area contributed by atoms with Crippen molar-refractivity contribution < 1.29 is 9.90 Å². The van der Waals surface area contributed by atoms with Gasteiger partial charge in [-0.2, -0.15) is 0 Å². The second-order valence-electron chi connectivity index (χ2n) is 5.21. The highest BCUT2D eigenvalue weighted by molar-refractivity contribution is 5.73. The van der Waals surface area contributed by atoms with Crippen LogP contribution in [-0.2, 0) is 4.79 Å². The van der Waals surface area contributed by atoms with Crippen molar-refractivity contribution in [2.24, 2.45) is 0 Å². The lowest BCUT2D eigenvalue weighted by atomic mass is 9.79.